The van der Waals surface area contributed by atoms with E-state index in [4.69, 9.17) is 4.42 Å². The van der Waals surface area contributed by atoms with E-state index in [0.29, 0.717) is 11.5 Å². The van der Waals surface area contributed by atoms with Gasteiger partial charge < -0.3 is 9.52 Å². The number of nitrogens with zero attached hydrogens (tertiary/aromatic N) is 1. The molecule has 0 atom stereocenters. The quantitative estimate of drug-likeness (QED) is 0.538. The number of fused-ring (bicyclic) bond motifs is 2. The summed E-state index contributed by atoms with van der Waals surface area (Å²) < 4.78 is 5.88. The Kier molecular flexibility index (Phi) is 2.70. The first-order valence-corrected chi connectivity index (χ1v) is 7.22. The van der Waals surface area contributed by atoms with Crippen LogP contribution in [-0.2, 0) is 0 Å². The molecule has 3 aromatic carbocycles. The summed E-state index contributed by atoms with van der Waals surface area (Å²) in [4.78, 5) is 4.55. The second-order valence-corrected chi connectivity index (χ2v) is 5.66. The Morgan fingerprint density at radius 2 is 1.68 bits per heavy atom. The van der Waals surface area contributed by atoms with Crippen LogP contribution in [0.15, 0.2) is 52.9 Å². The number of aromatic hydroxyl groups is 1. The molecule has 0 unspecified atom stereocenters. The van der Waals surface area contributed by atoms with E-state index in [1.165, 1.54) is 0 Å². The second-order valence-electron chi connectivity index (χ2n) is 5.66. The van der Waals surface area contributed by atoms with E-state index in [-0.39, 0.29) is 5.75 Å². The predicted molar refractivity (Wildman–Crippen MR) is 88.1 cm³/mol. The second kappa shape index (κ2) is 4.60. The molecule has 0 saturated heterocycles. The van der Waals surface area contributed by atoms with Gasteiger partial charge >= 0.3 is 0 Å². The third kappa shape index (κ3) is 1.94. The third-order valence-corrected chi connectivity index (χ3v) is 3.93. The number of hydrogen-bond donors (Lipinski definition) is 1. The molecule has 3 heteroatoms. The van der Waals surface area contributed by atoms with Gasteiger partial charge in [-0.3, -0.25) is 0 Å². The van der Waals surface area contributed by atoms with Gasteiger partial charge in [0.2, 0.25) is 5.89 Å². The molecule has 108 valence electrons. The van der Waals surface area contributed by atoms with Crippen molar-refractivity contribution in [2.24, 2.45) is 0 Å². The van der Waals surface area contributed by atoms with Crippen LogP contribution in [0, 0.1) is 13.8 Å². The number of aryl methyl sites for hydroxylation is 2. The van der Waals surface area contributed by atoms with Crippen molar-refractivity contribution in [1.29, 1.82) is 0 Å². The molecule has 3 nitrogen and oxygen atoms in total. The van der Waals surface area contributed by atoms with E-state index in [1.807, 2.05) is 56.3 Å². The Hall–Kier alpha value is -2.81. The average Bonchev–Trinajstić information content (AvgIpc) is 2.91. The lowest BCUT2D eigenvalue weighted by molar-refractivity contribution is 0.470. The maximum atomic E-state index is 10.3. The number of benzene rings is 3. The first-order valence-electron chi connectivity index (χ1n) is 7.22. The molecular formula is C19H15NO2. The van der Waals surface area contributed by atoms with Crippen molar-refractivity contribution >= 4 is 21.9 Å². The zero-order valence-electron chi connectivity index (χ0n) is 12.4. The summed E-state index contributed by atoms with van der Waals surface area (Å²) in [7, 11) is 0. The molecule has 0 aliphatic carbocycles. The van der Waals surface area contributed by atoms with Gasteiger partial charge in [0.15, 0.2) is 5.58 Å². The Bertz CT molecular complexity index is 962. The van der Waals surface area contributed by atoms with Gasteiger partial charge in [-0.1, -0.05) is 30.3 Å². The van der Waals surface area contributed by atoms with E-state index in [9.17, 15) is 5.11 Å². The summed E-state index contributed by atoms with van der Waals surface area (Å²) >= 11 is 0. The molecule has 0 bridgehead atoms. The van der Waals surface area contributed by atoms with Gasteiger partial charge in [0.25, 0.3) is 0 Å². The van der Waals surface area contributed by atoms with Crippen molar-refractivity contribution in [1.82, 2.24) is 4.98 Å². The maximum Gasteiger partial charge on any atom is 0.231 e. The third-order valence-electron chi connectivity index (χ3n) is 3.93. The van der Waals surface area contributed by atoms with Crippen LogP contribution in [0.3, 0.4) is 0 Å². The highest BCUT2D eigenvalue weighted by molar-refractivity contribution is 5.95. The molecule has 0 fully saturated rings. The fraction of sp³-hybridized carbons (Fsp3) is 0.105. The zero-order chi connectivity index (χ0) is 15.3. The summed E-state index contributed by atoms with van der Waals surface area (Å²) in [5.74, 6) is 0.677. The molecule has 0 radical (unpaired) electrons. The first-order chi connectivity index (χ1) is 10.6. The molecule has 0 aliphatic heterocycles. The highest BCUT2D eigenvalue weighted by atomic mass is 16.3. The molecule has 0 amide bonds. The highest BCUT2D eigenvalue weighted by Gasteiger charge is 2.15. The molecule has 1 aromatic heterocycles. The Labute approximate surface area is 127 Å². The number of rotatable bonds is 1. The number of aromatic nitrogens is 1. The van der Waals surface area contributed by atoms with Crippen LogP contribution < -0.4 is 0 Å². The number of phenolic OH excluding ortho intramolecular Hbond substituents is 1. The van der Waals surface area contributed by atoms with Crippen LogP contribution in [0.4, 0.5) is 0 Å². The highest BCUT2D eigenvalue weighted by Crippen LogP contribution is 2.35. The summed E-state index contributed by atoms with van der Waals surface area (Å²) in [6.45, 7) is 3.87. The van der Waals surface area contributed by atoms with E-state index < -0.39 is 0 Å². The minimum absolute atomic E-state index is 0.224. The van der Waals surface area contributed by atoms with Crippen molar-refractivity contribution in [2.45, 2.75) is 13.8 Å². The SMILES string of the molecule is Cc1cc(C)c(O)c(-c2nc3cc4ccccc4cc3o2)c1. The zero-order valence-corrected chi connectivity index (χ0v) is 12.4. The standard InChI is InChI=1S/C19H15NO2/c1-11-7-12(2)18(21)15(8-11)19-20-16-9-13-5-3-4-6-14(13)10-17(16)22-19/h3-10,21H,1-2H3. The van der Waals surface area contributed by atoms with Crippen molar-refractivity contribution in [3.63, 3.8) is 0 Å². The van der Waals surface area contributed by atoms with E-state index >= 15 is 0 Å². The lowest BCUT2D eigenvalue weighted by atomic mass is 10.1. The van der Waals surface area contributed by atoms with Crippen molar-refractivity contribution in [3.8, 4) is 17.2 Å². The van der Waals surface area contributed by atoms with Crippen LogP contribution in [0.25, 0.3) is 33.3 Å². The normalized spacial score (nSPS) is 11.4. The van der Waals surface area contributed by atoms with Crippen LogP contribution in [0.1, 0.15) is 11.1 Å². The number of oxazole rings is 1. The first kappa shape index (κ1) is 12.9. The maximum absolute atomic E-state index is 10.3. The molecule has 0 aliphatic rings. The molecule has 0 saturated carbocycles. The van der Waals surface area contributed by atoms with Gasteiger partial charge in [-0.2, -0.15) is 0 Å². The minimum Gasteiger partial charge on any atom is -0.507 e. The lowest BCUT2D eigenvalue weighted by Crippen LogP contribution is -1.85. The molecule has 22 heavy (non-hydrogen) atoms. The van der Waals surface area contributed by atoms with Gasteiger partial charge in [0, 0.05) is 0 Å². The predicted octanol–water partition coefficient (Wildman–Crippen LogP) is 4.97. The lowest BCUT2D eigenvalue weighted by Gasteiger charge is -2.05. The monoisotopic (exact) mass is 289 g/mol. The van der Waals surface area contributed by atoms with Gasteiger partial charge in [0.1, 0.15) is 11.3 Å². The Balaban J connectivity index is 1.98. The topological polar surface area (TPSA) is 46.3 Å². The van der Waals surface area contributed by atoms with Gasteiger partial charge in [0.05, 0.1) is 5.56 Å². The number of phenols is 1. The number of hydrogen-bond acceptors (Lipinski definition) is 3. The van der Waals surface area contributed by atoms with Gasteiger partial charge in [-0.05, 0) is 53.9 Å². The molecule has 1 heterocycles. The summed E-state index contributed by atoms with van der Waals surface area (Å²) in [6, 6.07) is 15.9. The molecule has 4 rings (SSSR count). The molecular weight excluding hydrogens is 274 g/mol. The van der Waals surface area contributed by atoms with Crippen LogP contribution >= 0.6 is 0 Å². The smallest absolute Gasteiger partial charge is 0.231 e. The fourth-order valence-electron chi connectivity index (χ4n) is 2.85. The fourth-order valence-corrected chi connectivity index (χ4v) is 2.85. The Morgan fingerprint density at radius 1 is 0.955 bits per heavy atom. The minimum atomic E-state index is 0.224. The van der Waals surface area contributed by atoms with E-state index in [0.717, 1.165) is 33.0 Å². The summed E-state index contributed by atoms with van der Waals surface area (Å²) in [5, 5.41) is 12.5. The van der Waals surface area contributed by atoms with Crippen molar-refractivity contribution < 1.29 is 9.52 Å². The van der Waals surface area contributed by atoms with Crippen LogP contribution in [0.5, 0.6) is 5.75 Å². The Morgan fingerprint density at radius 3 is 2.45 bits per heavy atom. The summed E-state index contributed by atoms with van der Waals surface area (Å²) in [6.07, 6.45) is 0. The van der Waals surface area contributed by atoms with E-state index in [2.05, 4.69) is 11.1 Å². The van der Waals surface area contributed by atoms with Gasteiger partial charge in [-0.15, -0.1) is 0 Å². The molecule has 1 N–H and O–H groups in total. The van der Waals surface area contributed by atoms with Gasteiger partial charge in [-0.25, -0.2) is 4.98 Å². The summed E-state index contributed by atoms with van der Waals surface area (Å²) in [5.41, 5.74) is 4.05. The van der Waals surface area contributed by atoms with Crippen LogP contribution in [0.2, 0.25) is 0 Å². The van der Waals surface area contributed by atoms with E-state index in [1.54, 1.807) is 0 Å². The largest absolute Gasteiger partial charge is 0.507 e. The average molecular weight is 289 g/mol. The molecule has 0 spiro atoms. The van der Waals surface area contributed by atoms with Crippen LogP contribution in [-0.4, -0.2) is 10.1 Å². The van der Waals surface area contributed by atoms with Crippen molar-refractivity contribution in [3.05, 3.63) is 59.7 Å². The molecule has 4 aromatic rings. The van der Waals surface area contributed by atoms with Crippen molar-refractivity contribution in [2.75, 3.05) is 0 Å².